The van der Waals surface area contributed by atoms with E-state index in [0.717, 1.165) is 23.4 Å². The molecule has 0 N–H and O–H groups in total. The van der Waals surface area contributed by atoms with Crippen LogP contribution in [0, 0.1) is 11.6 Å². The maximum absolute atomic E-state index is 14.9. The van der Waals surface area contributed by atoms with Gasteiger partial charge in [0, 0.05) is 37.6 Å². The molecule has 5 heterocycles. The van der Waals surface area contributed by atoms with Gasteiger partial charge < -0.3 is 9.64 Å². The first kappa shape index (κ1) is 22.7. The van der Waals surface area contributed by atoms with Crippen LogP contribution in [-0.4, -0.2) is 43.7 Å². The summed E-state index contributed by atoms with van der Waals surface area (Å²) in [7, 11) is 0. The lowest BCUT2D eigenvalue weighted by Crippen LogP contribution is -2.27. The minimum Gasteiger partial charge on any atom is -0.472 e. The van der Waals surface area contributed by atoms with Gasteiger partial charge in [-0.25, -0.2) is 28.7 Å². The molecule has 2 aliphatic rings. The number of anilines is 1. The Morgan fingerprint density at radius 1 is 0.974 bits per heavy atom. The van der Waals surface area contributed by atoms with E-state index in [1.807, 2.05) is 29.2 Å². The smallest absolute Gasteiger partial charge is 0.261 e. The lowest BCUT2D eigenvalue weighted by atomic mass is 10.1. The third-order valence-corrected chi connectivity index (χ3v) is 7.23. The molecule has 3 aromatic heterocycles. The van der Waals surface area contributed by atoms with Crippen molar-refractivity contribution < 1.29 is 13.5 Å². The average molecular weight is 513 g/mol. The predicted molar refractivity (Wildman–Crippen MR) is 138 cm³/mol. The molecule has 7 rings (SSSR count). The number of benzene rings is 2. The van der Waals surface area contributed by atoms with Gasteiger partial charge in [0.2, 0.25) is 5.88 Å². The number of rotatable bonds is 4. The number of aromatic nitrogens is 5. The van der Waals surface area contributed by atoms with Crippen molar-refractivity contribution in [2.24, 2.45) is 0 Å². The first-order valence-corrected chi connectivity index (χ1v) is 12.6. The zero-order chi connectivity index (χ0) is 25.8. The van der Waals surface area contributed by atoms with Crippen molar-refractivity contribution in [2.45, 2.75) is 31.9 Å². The zero-order valence-corrected chi connectivity index (χ0v) is 20.3. The van der Waals surface area contributed by atoms with Crippen LogP contribution < -0.4 is 15.2 Å². The second-order valence-corrected chi connectivity index (χ2v) is 9.61. The fraction of sp³-hybridized carbons (Fsp3) is 0.250. The third kappa shape index (κ3) is 3.75. The molecule has 0 spiro atoms. The fourth-order valence-electron chi connectivity index (χ4n) is 5.37. The Morgan fingerprint density at radius 2 is 1.87 bits per heavy atom. The van der Waals surface area contributed by atoms with E-state index in [4.69, 9.17) is 14.7 Å². The number of pyridine rings is 1. The molecule has 38 heavy (non-hydrogen) atoms. The molecule has 1 atom stereocenters. The molecule has 5 aromatic rings. The molecule has 0 aliphatic carbocycles. The van der Waals surface area contributed by atoms with Crippen LogP contribution >= 0.6 is 0 Å². The molecule has 2 aromatic carbocycles. The Hall–Kier alpha value is -4.47. The van der Waals surface area contributed by atoms with Gasteiger partial charge in [-0.05, 0) is 36.8 Å². The molecule has 190 valence electrons. The van der Waals surface area contributed by atoms with E-state index < -0.39 is 11.6 Å². The van der Waals surface area contributed by atoms with Gasteiger partial charge in [-0.2, -0.15) is 0 Å². The van der Waals surface area contributed by atoms with Gasteiger partial charge in [0.25, 0.3) is 5.56 Å². The van der Waals surface area contributed by atoms with E-state index in [0.29, 0.717) is 60.9 Å². The summed E-state index contributed by atoms with van der Waals surface area (Å²) in [5.41, 5.74) is 1.29. The summed E-state index contributed by atoms with van der Waals surface area (Å²) < 4.78 is 36.6. The van der Waals surface area contributed by atoms with Gasteiger partial charge in [0.1, 0.15) is 46.9 Å². The van der Waals surface area contributed by atoms with Crippen molar-refractivity contribution in [2.75, 3.05) is 18.0 Å². The van der Waals surface area contributed by atoms with Crippen LogP contribution in [0.25, 0.3) is 33.1 Å². The molecule has 0 amide bonds. The molecule has 0 saturated carbocycles. The zero-order valence-electron chi connectivity index (χ0n) is 20.3. The summed E-state index contributed by atoms with van der Waals surface area (Å²) >= 11 is 0. The molecule has 10 heteroatoms. The maximum atomic E-state index is 14.9. The highest BCUT2D eigenvalue weighted by atomic mass is 19.1. The third-order valence-electron chi connectivity index (χ3n) is 7.23. The number of ether oxygens (including phenoxy) is 1. The Labute approximate surface area is 215 Å². The standard InChI is InChI=1S/C28H22F2N6O2/c29-16-7-8-18(21(30)12-16)25-26-20(28(37)36-10-3-6-23(36)33-26)13-24(34-25)35-11-9-17(14-35)38-27-19-4-1-2-5-22(19)31-15-32-27/h1-2,4-5,7-8,12-13,15,17H,3,6,9-11,14H2/t17-/m1/s1. The predicted octanol–water partition coefficient (Wildman–Crippen LogP) is 4.28. The molecular formula is C28H22F2N6O2. The van der Waals surface area contributed by atoms with Crippen molar-refractivity contribution in [3.8, 4) is 17.1 Å². The van der Waals surface area contributed by atoms with Crippen LogP contribution in [0.15, 0.2) is 59.7 Å². The molecule has 0 unspecified atom stereocenters. The highest BCUT2D eigenvalue weighted by Gasteiger charge is 2.28. The number of halogens is 2. The van der Waals surface area contributed by atoms with Crippen molar-refractivity contribution in [1.82, 2.24) is 24.5 Å². The summed E-state index contributed by atoms with van der Waals surface area (Å²) in [6.07, 6.45) is 3.51. The van der Waals surface area contributed by atoms with E-state index in [2.05, 4.69) is 9.97 Å². The highest BCUT2D eigenvalue weighted by molar-refractivity contribution is 5.93. The maximum Gasteiger partial charge on any atom is 0.261 e. The second-order valence-electron chi connectivity index (χ2n) is 9.61. The van der Waals surface area contributed by atoms with Crippen molar-refractivity contribution in [1.29, 1.82) is 0 Å². The quantitative estimate of drug-likeness (QED) is 0.355. The minimum absolute atomic E-state index is 0.104. The fourth-order valence-corrected chi connectivity index (χ4v) is 5.37. The molecule has 1 saturated heterocycles. The largest absolute Gasteiger partial charge is 0.472 e. The number of nitrogens with zero attached hydrogens (tertiary/aromatic N) is 6. The number of hydrogen-bond donors (Lipinski definition) is 0. The summed E-state index contributed by atoms with van der Waals surface area (Å²) in [5, 5.41) is 1.20. The Bertz CT molecular complexity index is 1780. The van der Waals surface area contributed by atoms with Crippen LogP contribution in [-0.2, 0) is 13.0 Å². The lowest BCUT2D eigenvalue weighted by Gasteiger charge is -2.20. The van der Waals surface area contributed by atoms with E-state index in [-0.39, 0.29) is 22.9 Å². The van der Waals surface area contributed by atoms with Gasteiger partial charge in [0.15, 0.2) is 0 Å². The topological polar surface area (TPSA) is 86.0 Å². The summed E-state index contributed by atoms with van der Waals surface area (Å²) in [5.74, 6) is 0.259. The Morgan fingerprint density at radius 3 is 2.76 bits per heavy atom. The molecule has 0 radical (unpaired) electrons. The SMILES string of the molecule is O=c1c2cc(N3CC[C@@H](Oc4ncnc5ccccc45)C3)nc(-c3ccc(F)cc3F)c2nc2n1CCC2. The summed E-state index contributed by atoms with van der Waals surface area (Å²) in [4.78, 5) is 33.5. The van der Waals surface area contributed by atoms with Crippen molar-refractivity contribution in [3.63, 3.8) is 0 Å². The average Bonchev–Trinajstić information content (AvgIpc) is 3.59. The minimum atomic E-state index is -0.753. The Kier molecular flexibility index (Phi) is 5.27. The highest BCUT2D eigenvalue weighted by Crippen LogP contribution is 2.33. The summed E-state index contributed by atoms with van der Waals surface area (Å²) in [6.45, 7) is 1.72. The van der Waals surface area contributed by atoms with Gasteiger partial charge >= 0.3 is 0 Å². The number of aryl methyl sites for hydroxylation is 1. The van der Waals surface area contributed by atoms with E-state index in [1.54, 1.807) is 10.6 Å². The van der Waals surface area contributed by atoms with Gasteiger partial charge in [0.05, 0.1) is 22.8 Å². The number of para-hydroxylation sites is 1. The van der Waals surface area contributed by atoms with Crippen LogP contribution in [0.5, 0.6) is 5.88 Å². The van der Waals surface area contributed by atoms with Crippen LogP contribution in [0.4, 0.5) is 14.6 Å². The first-order chi connectivity index (χ1) is 18.5. The number of hydrogen-bond acceptors (Lipinski definition) is 7. The second kappa shape index (κ2) is 8.83. The molecule has 1 fully saturated rings. The van der Waals surface area contributed by atoms with E-state index >= 15 is 0 Å². The van der Waals surface area contributed by atoms with Crippen molar-refractivity contribution in [3.05, 3.63) is 82.7 Å². The van der Waals surface area contributed by atoms with Gasteiger partial charge in [-0.15, -0.1) is 0 Å². The molecular weight excluding hydrogens is 490 g/mol. The number of fused-ring (bicyclic) bond motifs is 3. The Balaban J connectivity index is 1.29. The summed E-state index contributed by atoms with van der Waals surface area (Å²) in [6, 6.07) is 12.7. The molecule has 8 nitrogen and oxygen atoms in total. The van der Waals surface area contributed by atoms with Crippen LogP contribution in [0.3, 0.4) is 0 Å². The normalized spacial score (nSPS) is 16.9. The lowest BCUT2D eigenvalue weighted by molar-refractivity contribution is 0.218. The van der Waals surface area contributed by atoms with Crippen molar-refractivity contribution >= 4 is 27.6 Å². The van der Waals surface area contributed by atoms with Crippen LogP contribution in [0.1, 0.15) is 18.7 Å². The van der Waals surface area contributed by atoms with Crippen LogP contribution in [0.2, 0.25) is 0 Å². The first-order valence-electron chi connectivity index (χ1n) is 12.6. The molecule has 2 aliphatic heterocycles. The monoisotopic (exact) mass is 512 g/mol. The molecule has 0 bridgehead atoms. The van der Waals surface area contributed by atoms with Gasteiger partial charge in [-0.3, -0.25) is 9.36 Å². The van der Waals surface area contributed by atoms with E-state index in [9.17, 15) is 13.6 Å². The van der Waals surface area contributed by atoms with E-state index in [1.165, 1.54) is 18.5 Å². The van der Waals surface area contributed by atoms with Gasteiger partial charge in [-0.1, -0.05) is 12.1 Å².